The lowest BCUT2D eigenvalue weighted by Crippen LogP contribution is -2.12. The largest absolute Gasteiger partial charge is 0.340 e. The summed E-state index contributed by atoms with van der Waals surface area (Å²) in [6, 6.07) is 18.9. The number of rotatable bonds is 4. The number of aryl methyl sites for hydroxylation is 1. The van der Waals surface area contributed by atoms with Crippen molar-refractivity contribution in [3.05, 3.63) is 82.5 Å². The van der Waals surface area contributed by atoms with Crippen LogP contribution in [0.5, 0.6) is 0 Å². The van der Waals surface area contributed by atoms with Crippen LogP contribution in [-0.2, 0) is 0 Å². The summed E-state index contributed by atoms with van der Waals surface area (Å²) in [5.74, 6) is 0.511. The molecule has 4 nitrogen and oxygen atoms in total. The number of carbonyl (C=O) groups excluding carboxylic acids is 1. The third-order valence-corrected chi connectivity index (χ3v) is 4.00. The monoisotopic (exact) mass is 381 g/mol. The molecule has 0 saturated carbocycles. The molecule has 0 aliphatic heterocycles. The summed E-state index contributed by atoms with van der Waals surface area (Å²) in [6.07, 6.45) is 1.56. The van der Waals surface area contributed by atoms with Crippen molar-refractivity contribution in [3.63, 3.8) is 0 Å². The van der Waals surface area contributed by atoms with E-state index in [9.17, 15) is 4.79 Å². The number of pyridine rings is 1. The highest BCUT2D eigenvalue weighted by Crippen LogP contribution is 2.23. The van der Waals surface area contributed by atoms with Crippen LogP contribution in [0.1, 0.15) is 15.9 Å². The van der Waals surface area contributed by atoms with Gasteiger partial charge in [0, 0.05) is 22.0 Å². The molecule has 0 spiro atoms. The van der Waals surface area contributed by atoms with E-state index in [-0.39, 0.29) is 5.91 Å². The number of carbonyl (C=O) groups is 1. The Morgan fingerprint density at radius 2 is 1.83 bits per heavy atom. The van der Waals surface area contributed by atoms with Crippen LogP contribution in [0, 0.1) is 6.92 Å². The zero-order chi connectivity index (χ0) is 16.9. The van der Waals surface area contributed by atoms with Gasteiger partial charge in [0.1, 0.15) is 5.82 Å². The quantitative estimate of drug-likeness (QED) is 0.656. The number of hydrogen-bond acceptors (Lipinski definition) is 3. The van der Waals surface area contributed by atoms with Crippen molar-refractivity contribution in [2.75, 3.05) is 10.6 Å². The van der Waals surface area contributed by atoms with Gasteiger partial charge in [0.05, 0.1) is 5.56 Å². The molecule has 1 heterocycles. The summed E-state index contributed by atoms with van der Waals surface area (Å²) in [5, 5.41) is 6.09. The lowest BCUT2D eigenvalue weighted by Gasteiger charge is -2.10. The van der Waals surface area contributed by atoms with Gasteiger partial charge in [-0.25, -0.2) is 4.98 Å². The number of anilines is 3. The molecule has 1 aromatic heterocycles. The number of nitrogens with one attached hydrogen (secondary N) is 2. The normalized spacial score (nSPS) is 10.2. The molecule has 24 heavy (non-hydrogen) atoms. The van der Waals surface area contributed by atoms with Gasteiger partial charge >= 0.3 is 0 Å². The van der Waals surface area contributed by atoms with Crippen LogP contribution in [0.4, 0.5) is 17.2 Å². The average Bonchev–Trinajstić information content (AvgIpc) is 2.59. The predicted molar refractivity (Wildman–Crippen MR) is 101 cm³/mol. The molecule has 2 N–H and O–H groups in total. The lowest BCUT2D eigenvalue weighted by atomic mass is 10.2. The third kappa shape index (κ3) is 4.00. The van der Waals surface area contributed by atoms with Gasteiger partial charge in [-0.2, -0.15) is 0 Å². The second-order valence-electron chi connectivity index (χ2n) is 5.34. The number of hydrogen-bond donors (Lipinski definition) is 2. The van der Waals surface area contributed by atoms with Gasteiger partial charge in [0.15, 0.2) is 0 Å². The number of halogens is 1. The maximum Gasteiger partial charge on any atom is 0.257 e. The molecular weight excluding hydrogens is 366 g/mol. The first kappa shape index (κ1) is 16.2. The van der Waals surface area contributed by atoms with E-state index in [1.165, 1.54) is 0 Å². The Balaban J connectivity index is 1.70. The van der Waals surface area contributed by atoms with Crippen LogP contribution in [0.15, 0.2) is 71.3 Å². The second-order valence-corrected chi connectivity index (χ2v) is 6.25. The number of amides is 1. The minimum absolute atomic E-state index is 0.180. The van der Waals surface area contributed by atoms with E-state index in [2.05, 4.69) is 31.5 Å². The van der Waals surface area contributed by atoms with Gasteiger partial charge in [-0.15, -0.1) is 0 Å². The SMILES string of the molecule is Cc1cc(Br)ccc1Nc1ccc(C(=O)Nc2ccccc2)cn1. The van der Waals surface area contributed by atoms with Crippen molar-refractivity contribution in [2.24, 2.45) is 0 Å². The standard InChI is InChI=1S/C19H16BrN3O/c1-13-11-15(20)8-9-17(13)23-18-10-7-14(12-21-18)19(24)22-16-5-3-2-4-6-16/h2-12H,1H3,(H,21,23)(H,22,24). The molecule has 0 aliphatic rings. The fourth-order valence-electron chi connectivity index (χ4n) is 2.23. The van der Waals surface area contributed by atoms with Crippen molar-refractivity contribution in [1.82, 2.24) is 4.98 Å². The molecule has 1 amide bonds. The molecule has 3 rings (SSSR count). The molecule has 0 saturated heterocycles. The van der Waals surface area contributed by atoms with E-state index in [0.29, 0.717) is 11.4 Å². The third-order valence-electron chi connectivity index (χ3n) is 3.51. The predicted octanol–water partition coefficient (Wildman–Crippen LogP) is 5.15. The van der Waals surface area contributed by atoms with Crippen LogP contribution in [0.3, 0.4) is 0 Å². The number of aromatic nitrogens is 1. The first-order chi connectivity index (χ1) is 11.6. The Morgan fingerprint density at radius 1 is 1.04 bits per heavy atom. The fourth-order valence-corrected chi connectivity index (χ4v) is 2.71. The van der Waals surface area contributed by atoms with Crippen molar-refractivity contribution in [3.8, 4) is 0 Å². The van der Waals surface area contributed by atoms with E-state index >= 15 is 0 Å². The topological polar surface area (TPSA) is 54.0 Å². The maximum atomic E-state index is 12.2. The van der Waals surface area contributed by atoms with E-state index < -0.39 is 0 Å². The number of benzene rings is 2. The minimum atomic E-state index is -0.180. The highest BCUT2D eigenvalue weighted by Gasteiger charge is 2.07. The Kier molecular flexibility index (Phi) is 4.91. The summed E-state index contributed by atoms with van der Waals surface area (Å²) >= 11 is 3.45. The molecule has 0 fully saturated rings. The number of para-hydroxylation sites is 1. The molecular formula is C19H16BrN3O. The van der Waals surface area contributed by atoms with Gasteiger partial charge in [-0.05, 0) is 55.0 Å². The summed E-state index contributed by atoms with van der Waals surface area (Å²) in [6.45, 7) is 2.02. The zero-order valence-corrected chi connectivity index (χ0v) is 14.7. The second kappa shape index (κ2) is 7.27. The molecule has 0 bridgehead atoms. The maximum absolute atomic E-state index is 12.2. The smallest absolute Gasteiger partial charge is 0.257 e. The number of nitrogens with zero attached hydrogens (tertiary/aromatic N) is 1. The van der Waals surface area contributed by atoms with E-state index in [0.717, 1.165) is 21.4 Å². The molecule has 0 unspecified atom stereocenters. The van der Waals surface area contributed by atoms with Crippen molar-refractivity contribution in [1.29, 1.82) is 0 Å². The van der Waals surface area contributed by atoms with Crippen molar-refractivity contribution in [2.45, 2.75) is 6.92 Å². The summed E-state index contributed by atoms with van der Waals surface area (Å²) in [7, 11) is 0. The minimum Gasteiger partial charge on any atom is -0.340 e. The first-order valence-corrected chi connectivity index (χ1v) is 8.27. The van der Waals surface area contributed by atoms with Crippen molar-refractivity contribution < 1.29 is 4.79 Å². The Morgan fingerprint density at radius 3 is 2.50 bits per heavy atom. The van der Waals surface area contributed by atoms with Crippen LogP contribution in [0.25, 0.3) is 0 Å². The summed E-state index contributed by atoms with van der Waals surface area (Å²) in [4.78, 5) is 16.5. The molecule has 0 radical (unpaired) electrons. The van der Waals surface area contributed by atoms with E-state index in [4.69, 9.17) is 0 Å². The molecule has 120 valence electrons. The van der Waals surface area contributed by atoms with E-state index in [1.54, 1.807) is 18.3 Å². The Labute approximate surface area is 149 Å². The van der Waals surface area contributed by atoms with Crippen LogP contribution < -0.4 is 10.6 Å². The zero-order valence-electron chi connectivity index (χ0n) is 13.1. The molecule has 5 heteroatoms. The highest BCUT2D eigenvalue weighted by atomic mass is 79.9. The van der Waals surface area contributed by atoms with Crippen LogP contribution in [-0.4, -0.2) is 10.9 Å². The average molecular weight is 382 g/mol. The van der Waals surface area contributed by atoms with Crippen LogP contribution >= 0.6 is 15.9 Å². The summed E-state index contributed by atoms with van der Waals surface area (Å²) < 4.78 is 1.03. The van der Waals surface area contributed by atoms with Crippen molar-refractivity contribution >= 4 is 39.0 Å². The highest BCUT2D eigenvalue weighted by molar-refractivity contribution is 9.10. The van der Waals surface area contributed by atoms with Gasteiger partial charge < -0.3 is 10.6 Å². The Hall–Kier alpha value is -2.66. The van der Waals surface area contributed by atoms with Gasteiger partial charge in [-0.1, -0.05) is 34.1 Å². The molecule has 3 aromatic rings. The van der Waals surface area contributed by atoms with Gasteiger partial charge in [-0.3, -0.25) is 4.79 Å². The molecule has 2 aromatic carbocycles. The van der Waals surface area contributed by atoms with E-state index in [1.807, 2.05) is 55.5 Å². The fraction of sp³-hybridized carbons (Fsp3) is 0.0526. The first-order valence-electron chi connectivity index (χ1n) is 7.47. The molecule has 0 aliphatic carbocycles. The van der Waals surface area contributed by atoms with Gasteiger partial charge in [0.25, 0.3) is 5.91 Å². The molecule has 0 atom stereocenters. The Bertz CT molecular complexity index is 848. The van der Waals surface area contributed by atoms with Gasteiger partial charge in [0.2, 0.25) is 0 Å². The van der Waals surface area contributed by atoms with Crippen LogP contribution in [0.2, 0.25) is 0 Å². The summed E-state index contributed by atoms with van der Waals surface area (Å²) in [5.41, 5.74) is 3.36. The lowest BCUT2D eigenvalue weighted by molar-refractivity contribution is 0.102.